The van der Waals surface area contributed by atoms with E-state index in [9.17, 15) is 4.79 Å². The molecule has 7 heteroatoms. The second-order valence-electron chi connectivity index (χ2n) is 5.52. The summed E-state index contributed by atoms with van der Waals surface area (Å²) in [6.07, 6.45) is 1.73. The van der Waals surface area contributed by atoms with Crippen LogP contribution in [-0.2, 0) is 6.54 Å². The number of fused-ring (bicyclic) bond motifs is 1. The lowest BCUT2D eigenvalue weighted by atomic mass is 10.3. The van der Waals surface area contributed by atoms with Crippen LogP contribution in [0.5, 0.6) is 5.75 Å². The molecule has 1 aromatic carbocycles. The second-order valence-corrected chi connectivity index (χ2v) is 7.48. The number of pyridine rings is 1. The van der Waals surface area contributed by atoms with E-state index in [1.165, 1.54) is 22.7 Å². The fraction of sp³-hybridized carbons (Fsp3) is 0.105. The van der Waals surface area contributed by atoms with Gasteiger partial charge in [-0.25, -0.2) is 4.98 Å². The number of carbonyl (C=O) groups excluding carboxylic acids is 1. The van der Waals surface area contributed by atoms with E-state index in [4.69, 9.17) is 4.74 Å². The Labute approximate surface area is 158 Å². The van der Waals surface area contributed by atoms with E-state index in [0.717, 1.165) is 21.7 Å². The zero-order valence-electron chi connectivity index (χ0n) is 14.0. The minimum Gasteiger partial charge on any atom is -0.497 e. The van der Waals surface area contributed by atoms with Gasteiger partial charge in [-0.1, -0.05) is 23.5 Å². The van der Waals surface area contributed by atoms with Crippen molar-refractivity contribution in [3.8, 4) is 5.75 Å². The molecule has 1 amide bonds. The Bertz CT molecular complexity index is 1030. The number of rotatable bonds is 5. The van der Waals surface area contributed by atoms with Gasteiger partial charge < -0.3 is 4.74 Å². The predicted molar refractivity (Wildman–Crippen MR) is 105 cm³/mol. The number of carbonyl (C=O) groups is 1. The minimum atomic E-state index is -0.0725. The molecule has 26 heavy (non-hydrogen) atoms. The second kappa shape index (κ2) is 7.23. The van der Waals surface area contributed by atoms with E-state index in [-0.39, 0.29) is 5.91 Å². The van der Waals surface area contributed by atoms with E-state index >= 15 is 0 Å². The molecule has 0 radical (unpaired) electrons. The monoisotopic (exact) mass is 381 g/mol. The van der Waals surface area contributed by atoms with Gasteiger partial charge >= 0.3 is 0 Å². The largest absolute Gasteiger partial charge is 0.497 e. The van der Waals surface area contributed by atoms with Crippen molar-refractivity contribution in [3.63, 3.8) is 0 Å². The molecule has 0 spiro atoms. The average molecular weight is 381 g/mol. The first-order valence-electron chi connectivity index (χ1n) is 7.94. The first-order valence-corrected chi connectivity index (χ1v) is 9.64. The number of benzene rings is 1. The number of thiazole rings is 1. The lowest BCUT2D eigenvalue weighted by molar-refractivity contribution is 0.0988. The quantitative estimate of drug-likeness (QED) is 0.507. The van der Waals surface area contributed by atoms with Crippen molar-refractivity contribution in [1.82, 2.24) is 9.97 Å². The summed E-state index contributed by atoms with van der Waals surface area (Å²) in [6.45, 7) is 0.370. The number of hydrogen-bond acceptors (Lipinski definition) is 6. The molecule has 0 atom stereocenters. The highest BCUT2D eigenvalue weighted by Gasteiger charge is 2.23. The van der Waals surface area contributed by atoms with Crippen LogP contribution >= 0.6 is 22.7 Å². The van der Waals surface area contributed by atoms with Gasteiger partial charge in [0, 0.05) is 12.3 Å². The van der Waals surface area contributed by atoms with E-state index in [2.05, 4.69) is 9.97 Å². The summed E-state index contributed by atoms with van der Waals surface area (Å²) < 4.78 is 6.28. The van der Waals surface area contributed by atoms with Gasteiger partial charge in [-0.3, -0.25) is 14.7 Å². The van der Waals surface area contributed by atoms with Crippen molar-refractivity contribution in [2.24, 2.45) is 0 Å². The Kier molecular flexibility index (Phi) is 4.64. The van der Waals surface area contributed by atoms with Crippen LogP contribution in [0.4, 0.5) is 5.13 Å². The zero-order valence-corrected chi connectivity index (χ0v) is 15.6. The molecule has 130 valence electrons. The zero-order chi connectivity index (χ0) is 17.9. The Hall–Kier alpha value is -2.77. The number of thiophene rings is 1. The van der Waals surface area contributed by atoms with Crippen LogP contribution in [-0.4, -0.2) is 23.0 Å². The maximum Gasteiger partial charge on any atom is 0.270 e. The van der Waals surface area contributed by atoms with Crippen LogP contribution in [0.25, 0.3) is 10.2 Å². The van der Waals surface area contributed by atoms with E-state index in [0.29, 0.717) is 16.6 Å². The highest BCUT2D eigenvalue weighted by Crippen LogP contribution is 2.33. The van der Waals surface area contributed by atoms with Crippen LogP contribution in [0.3, 0.4) is 0 Å². The van der Waals surface area contributed by atoms with Crippen LogP contribution in [0.15, 0.2) is 60.1 Å². The van der Waals surface area contributed by atoms with E-state index < -0.39 is 0 Å². The van der Waals surface area contributed by atoms with Crippen molar-refractivity contribution in [3.05, 3.63) is 70.7 Å². The molecule has 0 aliphatic carbocycles. The summed E-state index contributed by atoms with van der Waals surface area (Å²) in [5.74, 6) is 0.673. The molecule has 0 saturated carbocycles. The number of ether oxygens (including phenoxy) is 1. The van der Waals surface area contributed by atoms with Gasteiger partial charge in [-0.2, -0.15) is 0 Å². The smallest absolute Gasteiger partial charge is 0.270 e. The molecule has 5 nitrogen and oxygen atoms in total. The normalized spacial score (nSPS) is 10.8. The van der Waals surface area contributed by atoms with E-state index in [1.54, 1.807) is 18.2 Å². The molecule has 0 bridgehead atoms. The minimum absolute atomic E-state index is 0.0725. The topological polar surface area (TPSA) is 55.3 Å². The lowest BCUT2D eigenvalue weighted by Gasteiger charge is -2.18. The fourth-order valence-corrected chi connectivity index (χ4v) is 4.17. The Morgan fingerprint density at radius 1 is 1.19 bits per heavy atom. The van der Waals surface area contributed by atoms with Crippen molar-refractivity contribution in [1.29, 1.82) is 0 Å². The summed E-state index contributed by atoms with van der Waals surface area (Å²) in [7, 11) is 1.63. The predicted octanol–water partition coefficient (Wildman–Crippen LogP) is 4.61. The van der Waals surface area contributed by atoms with Gasteiger partial charge in [0.05, 0.1) is 34.4 Å². The Morgan fingerprint density at radius 2 is 2.12 bits per heavy atom. The maximum atomic E-state index is 13.1. The highest BCUT2D eigenvalue weighted by molar-refractivity contribution is 7.22. The number of nitrogens with zero attached hydrogens (tertiary/aromatic N) is 3. The van der Waals surface area contributed by atoms with Crippen molar-refractivity contribution in [2.45, 2.75) is 6.54 Å². The molecule has 3 aromatic heterocycles. The molecular weight excluding hydrogens is 366 g/mol. The Balaban J connectivity index is 1.75. The van der Waals surface area contributed by atoms with Gasteiger partial charge in [0.1, 0.15) is 5.75 Å². The molecule has 0 aliphatic rings. The molecule has 0 fully saturated rings. The number of methoxy groups -OCH3 is 1. The van der Waals surface area contributed by atoms with Crippen LogP contribution in [0, 0.1) is 0 Å². The van der Waals surface area contributed by atoms with Crippen LogP contribution in [0.2, 0.25) is 0 Å². The van der Waals surface area contributed by atoms with Crippen molar-refractivity contribution >= 4 is 43.9 Å². The molecular formula is C19H15N3O2S2. The third-order valence-corrected chi connectivity index (χ3v) is 5.75. The van der Waals surface area contributed by atoms with Gasteiger partial charge in [0.25, 0.3) is 5.91 Å². The number of amides is 1. The first kappa shape index (κ1) is 16.7. The summed E-state index contributed by atoms with van der Waals surface area (Å²) in [5.41, 5.74) is 1.63. The van der Waals surface area contributed by atoms with Crippen molar-refractivity contribution in [2.75, 3.05) is 12.0 Å². The van der Waals surface area contributed by atoms with Gasteiger partial charge in [-0.15, -0.1) is 11.3 Å². The third kappa shape index (κ3) is 3.31. The molecule has 4 aromatic rings. The number of aromatic nitrogens is 2. The number of hydrogen-bond donors (Lipinski definition) is 0. The summed E-state index contributed by atoms with van der Waals surface area (Å²) in [4.78, 5) is 24.5. The number of anilines is 1. The molecule has 0 unspecified atom stereocenters. The molecule has 0 saturated heterocycles. The maximum absolute atomic E-state index is 13.1. The molecule has 3 heterocycles. The standard InChI is InChI=1S/C19H15N3O2S2/c1-24-14-7-8-16-15(11-14)21-19(26-16)22(12-13-5-2-3-9-20-13)18(23)17-6-4-10-25-17/h2-11H,12H2,1H3. The van der Waals surface area contributed by atoms with Crippen molar-refractivity contribution < 1.29 is 9.53 Å². The average Bonchev–Trinajstić information content (AvgIpc) is 3.35. The molecule has 4 rings (SSSR count). The van der Waals surface area contributed by atoms with Gasteiger partial charge in [0.15, 0.2) is 5.13 Å². The summed E-state index contributed by atoms with van der Waals surface area (Å²) in [6, 6.07) is 15.1. The van der Waals surface area contributed by atoms with Crippen LogP contribution < -0.4 is 9.64 Å². The first-order chi connectivity index (χ1) is 12.7. The summed E-state index contributed by atoms with van der Waals surface area (Å²) in [5, 5.41) is 2.55. The lowest BCUT2D eigenvalue weighted by Crippen LogP contribution is -2.30. The Morgan fingerprint density at radius 3 is 2.85 bits per heavy atom. The van der Waals surface area contributed by atoms with Gasteiger partial charge in [-0.05, 0) is 35.7 Å². The fourth-order valence-electron chi connectivity index (χ4n) is 2.55. The highest BCUT2D eigenvalue weighted by atomic mass is 32.1. The van der Waals surface area contributed by atoms with Gasteiger partial charge in [0.2, 0.25) is 0 Å². The van der Waals surface area contributed by atoms with E-state index in [1.807, 2.05) is 53.9 Å². The molecule has 0 N–H and O–H groups in total. The third-order valence-electron chi connectivity index (χ3n) is 3.84. The molecule has 0 aliphatic heterocycles. The SMILES string of the molecule is COc1ccc2sc(N(Cc3ccccn3)C(=O)c3cccs3)nc2c1. The van der Waals surface area contributed by atoms with Crippen LogP contribution in [0.1, 0.15) is 15.4 Å². The summed E-state index contributed by atoms with van der Waals surface area (Å²) >= 11 is 2.91.